The maximum absolute atomic E-state index is 12.1. The molecule has 0 aliphatic rings. The Morgan fingerprint density at radius 1 is 1.42 bits per heavy atom. The summed E-state index contributed by atoms with van der Waals surface area (Å²) in [5, 5.41) is 11.7. The van der Waals surface area contributed by atoms with Gasteiger partial charge in [-0.05, 0) is 31.0 Å². The van der Waals surface area contributed by atoms with E-state index in [1.54, 1.807) is 18.2 Å². The van der Waals surface area contributed by atoms with Crippen molar-refractivity contribution in [3.05, 3.63) is 35.4 Å². The van der Waals surface area contributed by atoms with E-state index >= 15 is 0 Å². The summed E-state index contributed by atoms with van der Waals surface area (Å²) in [4.78, 5) is 12.1. The van der Waals surface area contributed by atoms with Crippen LogP contribution in [-0.2, 0) is 0 Å². The second-order valence-corrected chi connectivity index (χ2v) is 4.41. The molecule has 0 radical (unpaired) electrons. The molecule has 1 amide bonds. The first kappa shape index (κ1) is 15.3. The quantitative estimate of drug-likeness (QED) is 0.797. The summed E-state index contributed by atoms with van der Waals surface area (Å²) in [6.45, 7) is 4.01. The molecular weight excluding hydrogens is 238 g/mol. The van der Waals surface area contributed by atoms with E-state index in [0.717, 1.165) is 24.8 Å². The molecule has 3 nitrogen and oxygen atoms in total. The summed E-state index contributed by atoms with van der Waals surface area (Å²) in [5.74, 6) is 5.32. The molecule has 102 valence electrons. The first-order valence-electron chi connectivity index (χ1n) is 6.71. The zero-order valence-electron chi connectivity index (χ0n) is 11.6. The van der Waals surface area contributed by atoms with E-state index in [1.165, 1.54) is 0 Å². The van der Waals surface area contributed by atoms with Gasteiger partial charge in [0.1, 0.15) is 6.61 Å². The van der Waals surface area contributed by atoms with Crippen molar-refractivity contribution >= 4 is 5.91 Å². The highest BCUT2D eigenvalue weighted by atomic mass is 16.2. The predicted octanol–water partition coefficient (Wildman–Crippen LogP) is 2.34. The van der Waals surface area contributed by atoms with Crippen molar-refractivity contribution in [2.75, 3.05) is 6.61 Å². The molecule has 3 heteroatoms. The molecule has 1 rings (SSSR count). The topological polar surface area (TPSA) is 49.3 Å². The van der Waals surface area contributed by atoms with Crippen molar-refractivity contribution in [3.8, 4) is 11.8 Å². The molecule has 0 spiro atoms. The monoisotopic (exact) mass is 259 g/mol. The normalized spacial score (nSPS) is 11.3. The molecule has 1 aromatic carbocycles. The minimum absolute atomic E-state index is 0.0621. The summed E-state index contributed by atoms with van der Waals surface area (Å²) < 4.78 is 0. The zero-order valence-corrected chi connectivity index (χ0v) is 11.6. The van der Waals surface area contributed by atoms with Crippen LogP contribution < -0.4 is 5.32 Å². The molecule has 0 heterocycles. The van der Waals surface area contributed by atoms with Crippen LogP contribution in [0.1, 0.15) is 49.0 Å². The standard InChI is InChI=1S/C16H21NO2/c1-3-7-15(4-2)17-16(19)14-10-5-8-13(12-14)9-6-11-18/h5,8,10,12,15,18H,3-4,7,11H2,1-2H3,(H,17,19). The van der Waals surface area contributed by atoms with Crippen LogP contribution in [0.15, 0.2) is 24.3 Å². The number of rotatable bonds is 5. The van der Waals surface area contributed by atoms with Crippen LogP contribution in [0.3, 0.4) is 0 Å². The number of benzene rings is 1. The Morgan fingerprint density at radius 3 is 2.84 bits per heavy atom. The van der Waals surface area contributed by atoms with Gasteiger partial charge in [0.25, 0.3) is 5.91 Å². The summed E-state index contributed by atoms with van der Waals surface area (Å²) in [6, 6.07) is 7.37. The molecule has 0 aliphatic carbocycles. The lowest BCUT2D eigenvalue weighted by molar-refractivity contribution is 0.0933. The predicted molar refractivity (Wildman–Crippen MR) is 76.9 cm³/mol. The Balaban J connectivity index is 2.76. The average molecular weight is 259 g/mol. The molecule has 0 saturated carbocycles. The zero-order chi connectivity index (χ0) is 14.1. The lowest BCUT2D eigenvalue weighted by atomic mass is 10.1. The fourth-order valence-corrected chi connectivity index (χ4v) is 1.88. The second-order valence-electron chi connectivity index (χ2n) is 4.41. The van der Waals surface area contributed by atoms with Crippen LogP contribution >= 0.6 is 0 Å². The minimum Gasteiger partial charge on any atom is -0.384 e. The molecule has 19 heavy (non-hydrogen) atoms. The van der Waals surface area contributed by atoms with Gasteiger partial charge in [-0.3, -0.25) is 4.79 Å². The largest absolute Gasteiger partial charge is 0.384 e. The van der Waals surface area contributed by atoms with Gasteiger partial charge in [0, 0.05) is 17.2 Å². The Bertz CT molecular complexity index is 471. The fourth-order valence-electron chi connectivity index (χ4n) is 1.88. The molecule has 0 saturated heterocycles. The summed E-state index contributed by atoms with van der Waals surface area (Å²) in [5.41, 5.74) is 1.35. The number of nitrogens with one attached hydrogen (secondary N) is 1. The van der Waals surface area contributed by atoms with Gasteiger partial charge in [-0.1, -0.05) is 38.2 Å². The van der Waals surface area contributed by atoms with Crippen molar-refractivity contribution in [2.24, 2.45) is 0 Å². The van der Waals surface area contributed by atoms with E-state index in [4.69, 9.17) is 5.11 Å². The fraction of sp³-hybridized carbons (Fsp3) is 0.438. The number of aliphatic hydroxyl groups is 1. The molecule has 0 bridgehead atoms. The molecule has 1 atom stereocenters. The van der Waals surface area contributed by atoms with Crippen LogP contribution in [0.4, 0.5) is 0 Å². The number of amides is 1. The van der Waals surface area contributed by atoms with Gasteiger partial charge in [0.05, 0.1) is 0 Å². The first-order valence-corrected chi connectivity index (χ1v) is 6.71. The van der Waals surface area contributed by atoms with E-state index in [0.29, 0.717) is 5.56 Å². The van der Waals surface area contributed by atoms with Crippen LogP contribution in [0, 0.1) is 11.8 Å². The van der Waals surface area contributed by atoms with E-state index in [1.807, 2.05) is 6.07 Å². The van der Waals surface area contributed by atoms with E-state index in [9.17, 15) is 4.79 Å². The molecule has 0 fully saturated rings. The molecule has 0 aromatic heterocycles. The highest BCUT2D eigenvalue weighted by molar-refractivity contribution is 5.94. The van der Waals surface area contributed by atoms with Gasteiger partial charge in [-0.15, -0.1) is 0 Å². The third-order valence-corrected chi connectivity index (χ3v) is 2.90. The third kappa shape index (κ3) is 5.15. The molecule has 2 N–H and O–H groups in total. The van der Waals surface area contributed by atoms with E-state index < -0.39 is 0 Å². The maximum Gasteiger partial charge on any atom is 0.251 e. The van der Waals surface area contributed by atoms with Gasteiger partial charge >= 0.3 is 0 Å². The van der Waals surface area contributed by atoms with Crippen molar-refractivity contribution < 1.29 is 9.90 Å². The summed E-state index contributed by atoms with van der Waals surface area (Å²) in [6.07, 6.45) is 2.98. The Kier molecular flexibility index (Phi) is 6.70. The number of aliphatic hydroxyl groups excluding tert-OH is 1. The Labute approximate surface area is 115 Å². The molecule has 1 aromatic rings. The third-order valence-electron chi connectivity index (χ3n) is 2.90. The highest BCUT2D eigenvalue weighted by Gasteiger charge is 2.11. The van der Waals surface area contributed by atoms with Crippen molar-refractivity contribution in [3.63, 3.8) is 0 Å². The number of carbonyl (C=O) groups is 1. The first-order chi connectivity index (χ1) is 9.21. The minimum atomic E-state index is -0.176. The molecule has 1 unspecified atom stereocenters. The summed E-state index contributed by atoms with van der Waals surface area (Å²) >= 11 is 0. The molecular formula is C16H21NO2. The van der Waals surface area contributed by atoms with E-state index in [-0.39, 0.29) is 18.6 Å². The number of hydrogen-bond acceptors (Lipinski definition) is 2. The van der Waals surface area contributed by atoms with Crippen molar-refractivity contribution in [1.29, 1.82) is 0 Å². The Morgan fingerprint density at radius 2 is 2.21 bits per heavy atom. The smallest absolute Gasteiger partial charge is 0.251 e. The average Bonchev–Trinajstić information content (AvgIpc) is 2.44. The summed E-state index contributed by atoms with van der Waals surface area (Å²) in [7, 11) is 0. The Hall–Kier alpha value is -1.79. The number of carbonyl (C=O) groups excluding carboxylic acids is 1. The van der Waals surface area contributed by atoms with Crippen LogP contribution in [0.25, 0.3) is 0 Å². The highest BCUT2D eigenvalue weighted by Crippen LogP contribution is 2.07. The lowest BCUT2D eigenvalue weighted by Crippen LogP contribution is -2.34. The van der Waals surface area contributed by atoms with Gasteiger partial charge in [0.15, 0.2) is 0 Å². The van der Waals surface area contributed by atoms with Gasteiger partial charge in [-0.2, -0.15) is 0 Å². The van der Waals surface area contributed by atoms with Crippen LogP contribution in [0.2, 0.25) is 0 Å². The van der Waals surface area contributed by atoms with Crippen molar-refractivity contribution in [1.82, 2.24) is 5.32 Å². The second kappa shape index (κ2) is 8.34. The molecule has 0 aliphatic heterocycles. The van der Waals surface area contributed by atoms with Gasteiger partial charge in [-0.25, -0.2) is 0 Å². The maximum atomic E-state index is 12.1. The number of hydrogen-bond donors (Lipinski definition) is 2. The van der Waals surface area contributed by atoms with Gasteiger partial charge < -0.3 is 10.4 Å². The van der Waals surface area contributed by atoms with Gasteiger partial charge in [0.2, 0.25) is 0 Å². The van der Waals surface area contributed by atoms with Crippen LogP contribution in [0.5, 0.6) is 0 Å². The van der Waals surface area contributed by atoms with E-state index in [2.05, 4.69) is 31.0 Å². The van der Waals surface area contributed by atoms with Crippen molar-refractivity contribution in [2.45, 2.75) is 39.2 Å². The SMILES string of the molecule is CCCC(CC)NC(=O)c1cccc(C#CCO)c1. The van der Waals surface area contributed by atoms with Crippen LogP contribution in [-0.4, -0.2) is 23.7 Å². The lowest BCUT2D eigenvalue weighted by Gasteiger charge is -2.16.